The van der Waals surface area contributed by atoms with Crippen molar-refractivity contribution in [2.45, 2.75) is 20.0 Å². The maximum atomic E-state index is 12.7. The van der Waals surface area contributed by atoms with Crippen LogP contribution in [0, 0.1) is 11.3 Å². The highest BCUT2D eigenvalue weighted by atomic mass is 31.2. The molecule has 1 heterocycles. The van der Waals surface area contributed by atoms with Crippen LogP contribution in [0.2, 0.25) is 0 Å². The van der Waals surface area contributed by atoms with Crippen LogP contribution in [0.1, 0.15) is 25.1 Å². The van der Waals surface area contributed by atoms with E-state index in [4.69, 9.17) is 14.3 Å². The van der Waals surface area contributed by atoms with Crippen molar-refractivity contribution in [2.24, 2.45) is 0 Å². The van der Waals surface area contributed by atoms with Crippen LogP contribution < -0.4 is 0 Å². The zero-order valence-corrected chi connectivity index (χ0v) is 13.0. The molecule has 2 aromatic rings. The van der Waals surface area contributed by atoms with Gasteiger partial charge in [0.25, 0.3) is 0 Å². The number of pyridine rings is 1. The maximum Gasteiger partial charge on any atom is 0.335 e. The van der Waals surface area contributed by atoms with E-state index in [9.17, 15) is 4.57 Å². The van der Waals surface area contributed by atoms with E-state index in [1.807, 2.05) is 30.3 Å². The molecule has 0 bridgehead atoms. The van der Waals surface area contributed by atoms with Gasteiger partial charge in [0.1, 0.15) is 11.8 Å². The second-order valence-electron chi connectivity index (χ2n) is 4.40. The third-order valence-electron chi connectivity index (χ3n) is 2.93. The van der Waals surface area contributed by atoms with Gasteiger partial charge in [-0.2, -0.15) is 5.26 Å². The van der Waals surface area contributed by atoms with E-state index in [2.05, 4.69) is 4.98 Å². The monoisotopic (exact) mass is 304 g/mol. The highest BCUT2D eigenvalue weighted by Crippen LogP contribution is 2.52. The number of hydrogen-bond acceptors (Lipinski definition) is 5. The number of nitrogens with zero attached hydrogens (tertiary/aromatic N) is 2. The lowest BCUT2D eigenvalue weighted by atomic mass is 10.1. The molecule has 0 saturated carbocycles. The number of aromatic nitrogens is 1. The molecule has 0 fully saturated rings. The Hall–Kier alpha value is -1.73. The van der Waals surface area contributed by atoms with Crippen LogP contribution in [0.4, 0.5) is 0 Å². The number of fused-ring (bicyclic) bond motifs is 1. The van der Waals surface area contributed by atoms with Gasteiger partial charge in [0.2, 0.25) is 0 Å². The summed E-state index contributed by atoms with van der Waals surface area (Å²) in [7, 11) is -3.21. The van der Waals surface area contributed by atoms with Crippen molar-refractivity contribution in [1.29, 1.82) is 5.26 Å². The number of para-hydroxylation sites is 1. The molecule has 6 heteroatoms. The molecular weight excluding hydrogens is 287 g/mol. The molecule has 0 amide bonds. The summed E-state index contributed by atoms with van der Waals surface area (Å²) in [5, 5.41) is 9.94. The summed E-state index contributed by atoms with van der Waals surface area (Å²) in [4.78, 5) is 4.24. The Bertz CT molecular complexity index is 714. The third kappa shape index (κ3) is 3.68. The fourth-order valence-corrected chi connectivity index (χ4v) is 3.89. The van der Waals surface area contributed by atoms with Gasteiger partial charge in [-0.25, -0.2) is 4.98 Å². The molecule has 0 aliphatic heterocycles. The Balaban J connectivity index is 2.50. The molecule has 0 saturated heterocycles. The molecule has 0 radical (unpaired) electrons. The summed E-state index contributed by atoms with van der Waals surface area (Å²) < 4.78 is 23.3. The van der Waals surface area contributed by atoms with Crippen molar-refractivity contribution >= 4 is 18.5 Å². The minimum absolute atomic E-state index is 0.131. The van der Waals surface area contributed by atoms with E-state index >= 15 is 0 Å². The molecule has 1 aromatic heterocycles. The maximum absolute atomic E-state index is 12.7. The van der Waals surface area contributed by atoms with E-state index < -0.39 is 7.60 Å². The van der Waals surface area contributed by atoms with E-state index in [0.29, 0.717) is 24.4 Å². The van der Waals surface area contributed by atoms with Crippen LogP contribution in [-0.2, 0) is 19.8 Å². The zero-order chi connectivity index (χ0) is 15.3. The van der Waals surface area contributed by atoms with Crippen LogP contribution >= 0.6 is 7.60 Å². The molecule has 5 nitrogen and oxygen atoms in total. The average Bonchev–Trinajstić information content (AvgIpc) is 2.47. The molecule has 0 aliphatic carbocycles. The summed E-state index contributed by atoms with van der Waals surface area (Å²) >= 11 is 0. The molecule has 0 aliphatic rings. The molecule has 21 heavy (non-hydrogen) atoms. The van der Waals surface area contributed by atoms with Crippen LogP contribution in [0.5, 0.6) is 0 Å². The lowest BCUT2D eigenvalue weighted by Crippen LogP contribution is -2.01. The van der Waals surface area contributed by atoms with Gasteiger partial charge < -0.3 is 9.05 Å². The van der Waals surface area contributed by atoms with Gasteiger partial charge in [0.15, 0.2) is 0 Å². The van der Waals surface area contributed by atoms with Crippen molar-refractivity contribution in [3.05, 3.63) is 41.6 Å². The molecule has 0 N–H and O–H groups in total. The summed E-state index contributed by atoms with van der Waals surface area (Å²) in [6, 6.07) is 11.1. The topological polar surface area (TPSA) is 72.2 Å². The number of benzene rings is 1. The molecule has 0 unspecified atom stereocenters. The van der Waals surface area contributed by atoms with E-state index in [-0.39, 0.29) is 6.16 Å². The molecular formula is C15H17N2O3P. The van der Waals surface area contributed by atoms with Crippen molar-refractivity contribution in [1.82, 2.24) is 4.98 Å². The molecule has 0 atom stereocenters. The highest BCUT2D eigenvalue weighted by molar-refractivity contribution is 7.53. The zero-order valence-electron chi connectivity index (χ0n) is 12.1. The summed E-state index contributed by atoms with van der Waals surface area (Å²) in [6.07, 6.45) is 0.131. The predicted molar refractivity (Wildman–Crippen MR) is 81.0 cm³/mol. The SMILES string of the molecule is CCOP(=O)(Cc1cc(C#N)nc2ccccc12)OCC. The Morgan fingerprint density at radius 3 is 2.52 bits per heavy atom. The number of rotatable bonds is 6. The smallest absolute Gasteiger partial charge is 0.309 e. The van der Waals surface area contributed by atoms with Crippen molar-refractivity contribution in [3.63, 3.8) is 0 Å². The van der Waals surface area contributed by atoms with Crippen LogP contribution in [0.3, 0.4) is 0 Å². The highest BCUT2D eigenvalue weighted by Gasteiger charge is 2.25. The van der Waals surface area contributed by atoms with Crippen molar-refractivity contribution in [2.75, 3.05) is 13.2 Å². The normalized spacial score (nSPS) is 11.5. The van der Waals surface area contributed by atoms with Gasteiger partial charge in [-0.05, 0) is 31.5 Å². The molecule has 0 spiro atoms. The second-order valence-corrected chi connectivity index (χ2v) is 6.45. The van der Waals surface area contributed by atoms with Gasteiger partial charge in [-0.3, -0.25) is 4.57 Å². The van der Waals surface area contributed by atoms with Crippen LogP contribution in [0.15, 0.2) is 30.3 Å². The first-order valence-corrected chi connectivity index (χ1v) is 8.51. The predicted octanol–water partition coefficient (Wildman–Crippen LogP) is 3.87. The lowest BCUT2D eigenvalue weighted by molar-refractivity contribution is 0.219. The van der Waals surface area contributed by atoms with Gasteiger partial charge >= 0.3 is 7.60 Å². The quantitative estimate of drug-likeness (QED) is 0.757. The van der Waals surface area contributed by atoms with E-state index in [1.165, 1.54) is 0 Å². The Morgan fingerprint density at radius 2 is 1.90 bits per heavy atom. The minimum atomic E-state index is -3.21. The third-order valence-corrected chi connectivity index (χ3v) is 4.96. The largest absolute Gasteiger partial charge is 0.335 e. The molecule has 1 aromatic carbocycles. The fourth-order valence-electron chi connectivity index (χ4n) is 2.17. The summed E-state index contributed by atoms with van der Waals surface area (Å²) in [6.45, 7) is 4.17. The van der Waals surface area contributed by atoms with Gasteiger partial charge in [0.05, 0.1) is 24.9 Å². The van der Waals surface area contributed by atoms with Gasteiger partial charge in [0, 0.05) is 5.39 Å². The lowest BCUT2D eigenvalue weighted by Gasteiger charge is -2.18. The molecule has 110 valence electrons. The van der Waals surface area contributed by atoms with Crippen molar-refractivity contribution in [3.8, 4) is 6.07 Å². The number of nitriles is 1. The van der Waals surface area contributed by atoms with Crippen LogP contribution in [-0.4, -0.2) is 18.2 Å². The Kier molecular flexibility index (Phi) is 5.08. The van der Waals surface area contributed by atoms with Gasteiger partial charge in [-0.15, -0.1) is 0 Å². The minimum Gasteiger partial charge on any atom is -0.309 e. The first-order chi connectivity index (χ1) is 10.1. The second kappa shape index (κ2) is 6.82. The first-order valence-electron chi connectivity index (χ1n) is 6.78. The Labute approximate surface area is 124 Å². The average molecular weight is 304 g/mol. The van der Waals surface area contributed by atoms with Gasteiger partial charge in [-0.1, -0.05) is 18.2 Å². The summed E-state index contributed by atoms with van der Waals surface area (Å²) in [5.41, 5.74) is 1.75. The Morgan fingerprint density at radius 1 is 1.24 bits per heavy atom. The standard InChI is InChI=1S/C15H17N2O3P/c1-3-19-21(18,20-4-2)11-12-9-13(10-16)17-15-8-6-5-7-14(12)15/h5-9H,3-4,11H2,1-2H3. The fraction of sp³-hybridized carbons (Fsp3) is 0.333. The number of hydrogen-bond donors (Lipinski definition) is 0. The molecule has 2 rings (SSSR count). The van der Waals surface area contributed by atoms with Crippen molar-refractivity contribution < 1.29 is 13.6 Å². The first kappa shape index (κ1) is 15.7. The van der Waals surface area contributed by atoms with E-state index in [0.717, 1.165) is 10.9 Å². The van der Waals surface area contributed by atoms with E-state index in [1.54, 1.807) is 19.9 Å². The van der Waals surface area contributed by atoms with Crippen LogP contribution in [0.25, 0.3) is 10.9 Å². The summed E-state index contributed by atoms with van der Waals surface area (Å²) in [5.74, 6) is 0.